The van der Waals surface area contributed by atoms with Crippen LogP contribution >= 0.6 is 11.8 Å². The molecule has 1 rings (SSSR count). The van der Waals surface area contributed by atoms with E-state index in [1.807, 2.05) is 6.26 Å². The third-order valence-corrected chi connectivity index (χ3v) is 2.35. The van der Waals surface area contributed by atoms with Crippen LogP contribution in [0.15, 0.2) is 5.16 Å². The number of aromatic nitrogens is 3. The molecule has 0 radical (unpaired) electrons. The van der Waals surface area contributed by atoms with Crippen molar-refractivity contribution in [2.75, 3.05) is 11.6 Å². The molecule has 0 aliphatic carbocycles. The predicted molar refractivity (Wildman–Crippen MR) is 62.6 cm³/mol. The summed E-state index contributed by atoms with van der Waals surface area (Å²) in [6, 6.07) is 0. The second-order valence-corrected chi connectivity index (χ2v) is 4.97. The zero-order valence-electron chi connectivity index (χ0n) is 10.1. The van der Waals surface area contributed by atoms with Crippen LogP contribution in [0.25, 0.3) is 0 Å². The fourth-order valence-corrected chi connectivity index (χ4v) is 1.48. The van der Waals surface area contributed by atoms with Gasteiger partial charge in [0.2, 0.25) is 5.95 Å². The van der Waals surface area contributed by atoms with E-state index in [1.165, 1.54) is 11.8 Å². The van der Waals surface area contributed by atoms with E-state index in [1.54, 1.807) is 32.4 Å². The van der Waals surface area contributed by atoms with Crippen LogP contribution in [0.3, 0.4) is 0 Å². The minimum absolute atomic E-state index is 0.374. The van der Waals surface area contributed by atoms with Gasteiger partial charge in [-0.25, -0.2) is 4.79 Å². The lowest BCUT2D eigenvalue weighted by Crippen LogP contribution is -2.28. The molecule has 16 heavy (non-hydrogen) atoms. The van der Waals surface area contributed by atoms with E-state index in [9.17, 15) is 4.79 Å². The molecule has 0 aliphatic rings. The van der Waals surface area contributed by atoms with E-state index in [2.05, 4.69) is 15.5 Å². The van der Waals surface area contributed by atoms with Crippen LogP contribution < -0.4 is 5.32 Å². The van der Waals surface area contributed by atoms with Crippen LogP contribution in [0, 0.1) is 0 Å². The first-order chi connectivity index (χ1) is 7.33. The van der Waals surface area contributed by atoms with Crippen molar-refractivity contribution in [3.63, 3.8) is 0 Å². The molecule has 0 atom stereocenters. The van der Waals surface area contributed by atoms with Crippen molar-refractivity contribution >= 4 is 23.8 Å². The number of thioether (sulfide) groups is 1. The van der Waals surface area contributed by atoms with Gasteiger partial charge < -0.3 is 4.74 Å². The van der Waals surface area contributed by atoms with Gasteiger partial charge in [-0.1, -0.05) is 11.8 Å². The van der Waals surface area contributed by atoms with Crippen LogP contribution in [0.5, 0.6) is 0 Å². The number of hydrogen-bond acceptors (Lipinski definition) is 5. The molecule has 1 amide bonds. The molecule has 0 spiro atoms. The highest BCUT2D eigenvalue weighted by Gasteiger charge is 2.18. The highest BCUT2D eigenvalue weighted by atomic mass is 32.2. The average Bonchev–Trinajstić information content (AvgIpc) is 2.44. The summed E-state index contributed by atoms with van der Waals surface area (Å²) in [5, 5.41) is 11.0. The van der Waals surface area contributed by atoms with Crippen molar-refractivity contribution in [2.24, 2.45) is 7.05 Å². The van der Waals surface area contributed by atoms with Gasteiger partial charge in [0.15, 0.2) is 5.16 Å². The molecular weight excluding hydrogens is 228 g/mol. The molecule has 0 saturated heterocycles. The Morgan fingerprint density at radius 3 is 2.50 bits per heavy atom. The van der Waals surface area contributed by atoms with E-state index in [0.717, 1.165) is 5.16 Å². The molecule has 0 bridgehead atoms. The Hall–Kier alpha value is -1.24. The number of rotatable bonds is 2. The first-order valence-electron chi connectivity index (χ1n) is 4.77. The Kier molecular flexibility index (Phi) is 3.79. The van der Waals surface area contributed by atoms with Crippen LogP contribution in [-0.4, -0.2) is 32.7 Å². The molecule has 1 aromatic rings. The van der Waals surface area contributed by atoms with Gasteiger partial charge in [0.05, 0.1) is 0 Å². The largest absolute Gasteiger partial charge is 0.444 e. The van der Waals surface area contributed by atoms with Gasteiger partial charge >= 0.3 is 6.09 Å². The minimum Gasteiger partial charge on any atom is -0.444 e. The molecule has 1 N–H and O–H groups in total. The second kappa shape index (κ2) is 4.73. The number of anilines is 1. The lowest BCUT2D eigenvalue weighted by molar-refractivity contribution is 0.0634. The van der Waals surface area contributed by atoms with Crippen LogP contribution in [0.2, 0.25) is 0 Å². The summed E-state index contributed by atoms with van der Waals surface area (Å²) in [4.78, 5) is 11.5. The molecule has 0 aromatic carbocycles. The Labute approximate surface area is 98.8 Å². The van der Waals surface area contributed by atoms with Crippen molar-refractivity contribution in [3.05, 3.63) is 0 Å². The van der Waals surface area contributed by atoms with Crippen LogP contribution in [0.1, 0.15) is 20.8 Å². The minimum atomic E-state index is -0.532. The summed E-state index contributed by atoms with van der Waals surface area (Å²) >= 11 is 1.45. The van der Waals surface area contributed by atoms with Crippen molar-refractivity contribution in [2.45, 2.75) is 31.5 Å². The number of carbonyl (C=O) groups excluding carboxylic acids is 1. The molecule has 0 saturated carbocycles. The Morgan fingerprint density at radius 2 is 2.06 bits per heavy atom. The topological polar surface area (TPSA) is 69.0 Å². The van der Waals surface area contributed by atoms with Crippen LogP contribution in [-0.2, 0) is 11.8 Å². The lowest BCUT2D eigenvalue weighted by atomic mass is 10.2. The first kappa shape index (κ1) is 12.8. The maximum Gasteiger partial charge on any atom is 0.414 e. The summed E-state index contributed by atoms with van der Waals surface area (Å²) in [6.45, 7) is 5.41. The smallest absolute Gasteiger partial charge is 0.414 e. The van der Waals surface area contributed by atoms with Crippen LogP contribution in [0.4, 0.5) is 10.7 Å². The van der Waals surface area contributed by atoms with Crippen molar-refractivity contribution < 1.29 is 9.53 Å². The Bertz CT molecular complexity index is 383. The number of carbonyl (C=O) groups is 1. The van der Waals surface area contributed by atoms with Gasteiger partial charge in [0, 0.05) is 7.05 Å². The summed E-state index contributed by atoms with van der Waals surface area (Å²) in [5.74, 6) is 0.374. The average molecular weight is 244 g/mol. The molecular formula is C9H16N4O2S. The maximum atomic E-state index is 11.5. The monoisotopic (exact) mass is 244 g/mol. The highest BCUT2D eigenvalue weighted by Crippen LogP contribution is 2.15. The normalized spacial score (nSPS) is 11.3. The van der Waals surface area contributed by atoms with E-state index < -0.39 is 11.7 Å². The maximum absolute atomic E-state index is 11.5. The van der Waals surface area contributed by atoms with Gasteiger partial charge in [-0.2, -0.15) is 0 Å². The molecule has 90 valence electrons. The summed E-state index contributed by atoms with van der Waals surface area (Å²) in [6.07, 6.45) is 1.36. The molecule has 7 heteroatoms. The molecule has 0 unspecified atom stereocenters. The summed E-state index contributed by atoms with van der Waals surface area (Å²) in [7, 11) is 1.78. The van der Waals surface area contributed by atoms with Crippen molar-refractivity contribution in [3.8, 4) is 0 Å². The van der Waals surface area contributed by atoms with E-state index in [4.69, 9.17) is 4.74 Å². The van der Waals surface area contributed by atoms with E-state index in [0.29, 0.717) is 5.95 Å². The SMILES string of the molecule is CSc1nnc(NC(=O)OC(C)(C)C)n1C. The molecule has 0 fully saturated rings. The Balaban J connectivity index is 2.67. The summed E-state index contributed by atoms with van der Waals surface area (Å²) in [5.41, 5.74) is -0.523. The lowest BCUT2D eigenvalue weighted by Gasteiger charge is -2.19. The van der Waals surface area contributed by atoms with Crippen molar-refractivity contribution in [1.29, 1.82) is 0 Å². The summed E-state index contributed by atoms with van der Waals surface area (Å²) < 4.78 is 6.79. The Morgan fingerprint density at radius 1 is 1.44 bits per heavy atom. The molecule has 6 nitrogen and oxygen atoms in total. The number of amides is 1. The number of nitrogens with one attached hydrogen (secondary N) is 1. The van der Waals surface area contributed by atoms with Gasteiger partial charge in [0.1, 0.15) is 5.60 Å². The second-order valence-electron chi connectivity index (χ2n) is 4.20. The zero-order valence-corrected chi connectivity index (χ0v) is 10.9. The third kappa shape index (κ3) is 3.41. The van der Waals surface area contributed by atoms with Gasteiger partial charge in [0.25, 0.3) is 0 Å². The molecule has 1 heterocycles. The van der Waals surface area contributed by atoms with E-state index in [-0.39, 0.29) is 0 Å². The van der Waals surface area contributed by atoms with Gasteiger partial charge in [-0.05, 0) is 27.0 Å². The fourth-order valence-electron chi connectivity index (χ4n) is 0.996. The van der Waals surface area contributed by atoms with Gasteiger partial charge in [-0.3, -0.25) is 9.88 Å². The van der Waals surface area contributed by atoms with Gasteiger partial charge in [-0.15, -0.1) is 10.2 Å². The predicted octanol–water partition coefficient (Wildman–Crippen LogP) is 1.88. The molecule has 0 aliphatic heterocycles. The number of hydrogen-bond donors (Lipinski definition) is 1. The first-order valence-corrected chi connectivity index (χ1v) is 5.99. The quantitative estimate of drug-likeness (QED) is 0.804. The highest BCUT2D eigenvalue weighted by molar-refractivity contribution is 7.98. The number of ether oxygens (including phenoxy) is 1. The number of nitrogens with zero attached hydrogens (tertiary/aromatic N) is 3. The third-order valence-electron chi connectivity index (χ3n) is 1.63. The fraction of sp³-hybridized carbons (Fsp3) is 0.667. The standard InChI is InChI=1S/C9H16N4O2S/c1-9(2,3)15-8(14)10-6-11-12-7(16-5)13(6)4/h1-5H3,(H,10,11,14). The zero-order chi connectivity index (χ0) is 12.3. The van der Waals surface area contributed by atoms with Crippen molar-refractivity contribution in [1.82, 2.24) is 14.8 Å². The van der Waals surface area contributed by atoms with E-state index >= 15 is 0 Å². The molecule has 1 aromatic heterocycles.